The molecule has 0 fully saturated rings. The van der Waals surface area contributed by atoms with Crippen LogP contribution in [0.1, 0.15) is 45.1 Å². The highest BCUT2D eigenvalue weighted by Gasteiger charge is 2.00. The summed E-state index contributed by atoms with van der Waals surface area (Å²) >= 11 is 0. The fourth-order valence-corrected chi connectivity index (χ4v) is 2.32. The fourth-order valence-electron chi connectivity index (χ4n) is 2.32. The van der Waals surface area contributed by atoms with Crippen molar-refractivity contribution in [2.24, 2.45) is 0 Å². The zero-order valence-corrected chi connectivity index (χ0v) is 13.3. The Labute approximate surface area is 129 Å². The van der Waals surface area contributed by atoms with E-state index in [9.17, 15) is 0 Å². The summed E-state index contributed by atoms with van der Waals surface area (Å²) in [4.78, 5) is 0. The van der Waals surface area contributed by atoms with E-state index in [0.717, 1.165) is 18.8 Å². The highest BCUT2D eigenvalue weighted by Crippen LogP contribution is 2.23. The van der Waals surface area contributed by atoms with Crippen molar-refractivity contribution in [3.63, 3.8) is 0 Å². The van der Waals surface area contributed by atoms with Crippen molar-refractivity contribution in [3.8, 4) is 16.9 Å². The lowest BCUT2D eigenvalue weighted by Gasteiger charge is -2.07. The number of aryl methyl sites for hydroxylation is 1. The molecule has 2 aromatic rings. The number of benzene rings is 2. The average molecular weight is 282 g/mol. The third-order valence-electron chi connectivity index (χ3n) is 3.73. The van der Waals surface area contributed by atoms with Gasteiger partial charge in [0.1, 0.15) is 5.75 Å². The number of hydrogen-bond donors (Lipinski definition) is 0. The third kappa shape index (κ3) is 4.93. The van der Waals surface area contributed by atoms with Crippen LogP contribution in [-0.4, -0.2) is 6.61 Å². The van der Waals surface area contributed by atoms with E-state index in [-0.39, 0.29) is 0 Å². The first-order valence-corrected chi connectivity index (χ1v) is 8.15. The summed E-state index contributed by atoms with van der Waals surface area (Å²) in [5.41, 5.74) is 3.95. The van der Waals surface area contributed by atoms with Gasteiger partial charge in [-0.05, 0) is 48.1 Å². The standard InChI is InChI=1S/C20H26O/c1-3-5-7-17-8-10-18(11-9-17)19-12-14-20(15-13-19)21-16-6-4-2/h8-15H,3-7,16H2,1-2H3. The molecule has 0 heterocycles. The molecule has 0 aromatic heterocycles. The Balaban J connectivity index is 1.97. The molecule has 0 saturated heterocycles. The highest BCUT2D eigenvalue weighted by atomic mass is 16.5. The SMILES string of the molecule is CCCCOc1ccc(-c2ccc(CCCC)cc2)cc1. The average Bonchev–Trinajstić information content (AvgIpc) is 2.54. The van der Waals surface area contributed by atoms with Crippen molar-refractivity contribution in [1.82, 2.24) is 0 Å². The second-order valence-electron chi connectivity index (χ2n) is 5.53. The molecule has 0 N–H and O–H groups in total. The Morgan fingerprint density at radius 3 is 1.86 bits per heavy atom. The Morgan fingerprint density at radius 1 is 0.714 bits per heavy atom. The van der Waals surface area contributed by atoms with Crippen LogP contribution in [0.3, 0.4) is 0 Å². The molecule has 0 atom stereocenters. The van der Waals surface area contributed by atoms with Crippen molar-refractivity contribution in [1.29, 1.82) is 0 Å². The van der Waals surface area contributed by atoms with Crippen LogP contribution < -0.4 is 4.74 Å². The third-order valence-corrected chi connectivity index (χ3v) is 3.73. The van der Waals surface area contributed by atoms with E-state index in [0.29, 0.717) is 0 Å². The lowest BCUT2D eigenvalue weighted by Crippen LogP contribution is -1.95. The maximum absolute atomic E-state index is 5.70. The maximum Gasteiger partial charge on any atom is 0.119 e. The Bertz CT molecular complexity index is 511. The molecule has 112 valence electrons. The molecular weight excluding hydrogens is 256 g/mol. The van der Waals surface area contributed by atoms with E-state index in [4.69, 9.17) is 4.74 Å². The minimum Gasteiger partial charge on any atom is -0.494 e. The molecule has 2 aromatic carbocycles. The van der Waals surface area contributed by atoms with Gasteiger partial charge >= 0.3 is 0 Å². The minimum atomic E-state index is 0.808. The molecule has 0 unspecified atom stereocenters. The van der Waals surface area contributed by atoms with Gasteiger partial charge < -0.3 is 4.74 Å². The fraction of sp³-hybridized carbons (Fsp3) is 0.400. The van der Waals surface area contributed by atoms with Crippen LogP contribution in [0.2, 0.25) is 0 Å². The van der Waals surface area contributed by atoms with Crippen LogP contribution >= 0.6 is 0 Å². The van der Waals surface area contributed by atoms with Gasteiger partial charge in [0.25, 0.3) is 0 Å². The Morgan fingerprint density at radius 2 is 1.29 bits per heavy atom. The number of rotatable bonds is 8. The predicted octanol–water partition coefficient (Wildman–Crippen LogP) is 5.88. The summed E-state index contributed by atoms with van der Waals surface area (Å²) in [6, 6.07) is 17.3. The first-order chi connectivity index (χ1) is 10.3. The van der Waals surface area contributed by atoms with Crippen molar-refractivity contribution in [2.45, 2.75) is 46.0 Å². The molecule has 21 heavy (non-hydrogen) atoms. The van der Waals surface area contributed by atoms with Gasteiger partial charge in [-0.2, -0.15) is 0 Å². The van der Waals surface area contributed by atoms with Gasteiger partial charge in [0.2, 0.25) is 0 Å². The van der Waals surface area contributed by atoms with E-state index in [1.807, 2.05) is 0 Å². The Kier molecular flexibility index (Phi) is 6.33. The monoisotopic (exact) mass is 282 g/mol. The smallest absolute Gasteiger partial charge is 0.119 e. The molecule has 0 aliphatic heterocycles. The summed E-state index contributed by atoms with van der Waals surface area (Å²) in [7, 11) is 0. The second-order valence-corrected chi connectivity index (χ2v) is 5.53. The van der Waals surface area contributed by atoms with Crippen molar-refractivity contribution < 1.29 is 4.74 Å². The molecule has 0 radical (unpaired) electrons. The summed E-state index contributed by atoms with van der Waals surface area (Å²) in [6.45, 7) is 5.22. The van der Waals surface area contributed by atoms with Crippen molar-refractivity contribution >= 4 is 0 Å². The van der Waals surface area contributed by atoms with E-state index in [2.05, 4.69) is 62.4 Å². The van der Waals surface area contributed by atoms with Crippen LogP contribution in [0.4, 0.5) is 0 Å². The number of unbranched alkanes of at least 4 members (excludes halogenated alkanes) is 2. The van der Waals surface area contributed by atoms with Crippen LogP contribution in [0.25, 0.3) is 11.1 Å². The molecule has 1 heteroatoms. The van der Waals surface area contributed by atoms with E-state index in [1.165, 1.54) is 42.4 Å². The lowest BCUT2D eigenvalue weighted by molar-refractivity contribution is 0.309. The van der Waals surface area contributed by atoms with Gasteiger partial charge in [-0.1, -0.05) is 63.1 Å². The van der Waals surface area contributed by atoms with Gasteiger partial charge in [0.05, 0.1) is 6.61 Å². The summed E-state index contributed by atoms with van der Waals surface area (Å²) in [5.74, 6) is 0.965. The van der Waals surface area contributed by atoms with Crippen LogP contribution in [0, 0.1) is 0 Å². The van der Waals surface area contributed by atoms with Gasteiger partial charge in [-0.3, -0.25) is 0 Å². The summed E-state index contributed by atoms with van der Waals surface area (Å²) in [5, 5.41) is 0. The van der Waals surface area contributed by atoms with Gasteiger partial charge in [0.15, 0.2) is 0 Å². The molecule has 1 nitrogen and oxygen atoms in total. The minimum absolute atomic E-state index is 0.808. The number of hydrogen-bond acceptors (Lipinski definition) is 1. The van der Waals surface area contributed by atoms with Crippen molar-refractivity contribution in [2.75, 3.05) is 6.61 Å². The topological polar surface area (TPSA) is 9.23 Å². The molecule has 0 saturated carbocycles. The van der Waals surface area contributed by atoms with Crippen LogP contribution in [0.5, 0.6) is 5.75 Å². The summed E-state index contributed by atoms with van der Waals surface area (Å²) < 4.78 is 5.70. The lowest BCUT2D eigenvalue weighted by atomic mass is 10.0. The second kappa shape index (κ2) is 8.51. The molecule has 0 aliphatic carbocycles. The van der Waals surface area contributed by atoms with Crippen molar-refractivity contribution in [3.05, 3.63) is 54.1 Å². The first-order valence-electron chi connectivity index (χ1n) is 8.15. The highest BCUT2D eigenvalue weighted by molar-refractivity contribution is 5.64. The Hall–Kier alpha value is -1.76. The maximum atomic E-state index is 5.70. The van der Waals surface area contributed by atoms with E-state index in [1.54, 1.807) is 0 Å². The van der Waals surface area contributed by atoms with Gasteiger partial charge in [0, 0.05) is 0 Å². The van der Waals surface area contributed by atoms with E-state index >= 15 is 0 Å². The number of ether oxygens (including phenoxy) is 1. The van der Waals surface area contributed by atoms with E-state index < -0.39 is 0 Å². The zero-order valence-electron chi connectivity index (χ0n) is 13.3. The zero-order chi connectivity index (χ0) is 14.9. The molecule has 0 bridgehead atoms. The predicted molar refractivity (Wildman–Crippen MR) is 90.9 cm³/mol. The molecular formula is C20H26O. The van der Waals surface area contributed by atoms with Crippen LogP contribution in [-0.2, 0) is 6.42 Å². The largest absolute Gasteiger partial charge is 0.494 e. The summed E-state index contributed by atoms with van der Waals surface area (Å²) in [6.07, 6.45) is 5.98. The molecule has 2 rings (SSSR count). The first kappa shape index (κ1) is 15.6. The molecule has 0 spiro atoms. The molecule has 0 aliphatic rings. The molecule has 0 amide bonds. The van der Waals surface area contributed by atoms with Crippen LogP contribution in [0.15, 0.2) is 48.5 Å². The normalized spacial score (nSPS) is 10.6. The quantitative estimate of drug-likeness (QED) is 0.550. The van der Waals surface area contributed by atoms with Gasteiger partial charge in [-0.15, -0.1) is 0 Å². The van der Waals surface area contributed by atoms with Gasteiger partial charge in [-0.25, -0.2) is 0 Å².